The first-order valence-corrected chi connectivity index (χ1v) is 4.73. The highest BCUT2D eigenvalue weighted by molar-refractivity contribution is 4.64. The summed E-state index contributed by atoms with van der Waals surface area (Å²) in [7, 11) is 1.50. The van der Waals surface area contributed by atoms with Crippen molar-refractivity contribution in [1.29, 1.82) is 0 Å². The lowest BCUT2D eigenvalue weighted by Crippen LogP contribution is -2.20. The van der Waals surface area contributed by atoms with Crippen molar-refractivity contribution in [1.82, 2.24) is 0 Å². The molecule has 0 radical (unpaired) electrons. The van der Waals surface area contributed by atoms with Gasteiger partial charge in [-0.25, -0.2) is 0 Å². The molecule has 4 N–H and O–H groups in total. The van der Waals surface area contributed by atoms with Gasteiger partial charge in [0.1, 0.15) is 0 Å². The second-order valence-corrected chi connectivity index (χ2v) is 3.11. The number of hydrogen-bond donors (Lipinski definition) is 2. The maximum Gasteiger partial charge on any atom is 0.00388 e. The lowest BCUT2D eigenvalue weighted by Gasteiger charge is -2.13. The van der Waals surface area contributed by atoms with Crippen LogP contribution < -0.4 is 11.5 Å². The summed E-state index contributed by atoms with van der Waals surface area (Å²) < 4.78 is 0. The first kappa shape index (κ1) is 10.9. The highest BCUT2D eigenvalue weighted by atomic mass is 14.6. The van der Waals surface area contributed by atoms with Crippen LogP contribution >= 0.6 is 0 Å². The van der Waals surface area contributed by atoms with E-state index in [1.807, 2.05) is 0 Å². The molecule has 68 valence electrons. The van der Waals surface area contributed by atoms with Gasteiger partial charge in [0.05, 0.1) is 0 Å². The minimum absolute atomic E-state index is 0.519. The van der Waals surface area contributed by atoms with Crippen LogP contribution in [-0.4, -0.2) is 13.1 Å². The van der Waals surface area contributed by atoms with Gasteiger partial charge in [-0.3, -0.25) is 0 Å². The second-order valence-electron chi connectivity index (χ2n) is 3.11. The fourth-order valence-electron chi connectivity index (χ4n) is 1.49. The van der Waals surface area contributed by atoms with Crippen LogP contribution in [0.15, 0.2) is 0 Å². The van der Waals surface area contributed by atoms with Crippen molar-refractivity contribution < 1.29 is 0 Å². The van der Waals surface area contributed by atoms with Gasteiger partial charge in [-0.2, -0.15) is 0 Å². The van der Waals surface area contributed by atoms with Gasteiger partial charge >= 0.3 is 0 Å². The van der Waals surface area contributed by atoms with Crippen LogP contribution in [0.3, 0.4) is 0 Å². The molecule has 0 unspecified atom stereocenters. The fourth-order valence-corrected chi connectivity index (χ4v) is 1.49. The molecule has 2 nitrogen and oxygen atoms in total. The van der Waals surface area contributed by atoms with Crippen LogP contribution in [0, 0.1) is 0 Å². The molecule has 0 amide bonds. The molecule has 11 heavy (non-hydrogen) atoms. The van der Waals surface area contributed by atoms with Crippen molar-refractivity contribution in [2.75, 3.05) is 7.05 Å². The molecule has 1 aliphatic rings. The Hall–Kier alpha value is -0.0800. The Balaban J connectivity index is 0.000000461. The van der Waals surface area contributed by atoms with Crippen LogP contribution in [0.25, 0.3) is 0 Å². The molecule has 0 aromatic rings. The van der Waals surface area contributed by atoms with E-state index in [9.17, 15) is 0 Å². The highest BCUT2D eigenvalue weighted by Crippen LogP contribution is 2.15. The lowest BCUT2D eigenvalue weighted by molar-refractivity contribution is 0.453. The van der Waals surface area contributed by atoms with Crippen molar-refractivity contribution in [3.8, 4) is 0 Å². The average molecular weight is 158 g/mol. The zero-order chi connectivity index (χ0) is 8.53. The maximum absolute atomic E-state index is 5.80. The summed E-state index contributed by atoms with van der Waals surface area (Å²) in [5, 5.41) is 0. The maximum atomic E-state index is 5.80. The summed E-state index contributed by atoms with van der Waals surface area (Å²) in [6.07, 6.45) is 9.51. The minimum atomic E-state index is 0.519. The summed E-state index contributed by atoms with van der Waals surface area (Å²) in [6.45, 7) is 0. The van der Waals surface area contributed by atoms with Crippen LogP contribution in [0.2, 0.25) is 0 Å². The highest BCUT2D eigenvalue weighted by Gasteiger charge is 2.04. The van der Waals surface area contributed by atoms with Gasteiger partial charge in [-0.05, 0) is 19.9 Å². The Morgan fingerprint density at radius 2 is 1.18 bits per heavy atom. The average Bonchev–Trinajstić information content (AvgIpc) is 2.01. The van der Waals surface area contributed by atoms with E-state index in [0.717, 1.165) is 0 Å². The molecular formula is C9H22N2. The van der Waals surface area contributed by atoms with Crippen LogP contribution in [0.5, 0.6) is 0 Å². The van der Waals surface area contributed by atoms with Crippen molar-refractivity contribution in [3.63, 3.8) is 0 Å². The molecule has 1 rings (SSSR count). The second kappa shape index (κ2) is 8.02. The quantitative estimate of drug-likeness (QED) is 0.563. The van der Waals surface area contributed by atoms with E-state index in [-0.39, 0.29) is 0 Å². The fraction of sp³-hybridized carbons (Fsp3) is 1.00. The topological polar surface area (TPSA) is 52.0 Å². The van der Waals surface area contributed by atoms with Crippen LogP contribution in [0.4, 0.5) is 0 Å². The molecule has 0 saturated heterocycles. The lowest BCUT2D eigenvalue weighted by atomic mass is 9.98. The van der Waals surface area contributed by atoms with Crippen molar-refractivity contribution >= 4 is 0 Å². The SMILES string of the molecule is CN.NC1CCCCCCC1. The van der Waals surface area contributed by atoms with Crippen molar-refractivity contribution in [2.24, 2.45) is 11.5 Å². The molecule has 0 bridgehead atoms. The van der Waals surface area contributed by atoms with E-state index in [0.29, 0.717) is 6.04 Å². The van der Waals surface area contributed by atoms with Gasteiger partial charge in [0.15, 0.2) is 0 Å². The van der Waals surface area contributed by atoms with E-state index in [2.05, 4.69) is 5.73 Å². The first-order valence-electron chi connectivity index (χ1n) is 4.73. The zero-order valence-electron chi connectivity index (χ0n) is 7.68. The Labute approximate surface area is 70.3 Å². The Morgan fingerprint density at radius 3 is 1.64 bits per heavy atom. The third-order valence-corrected chi connectivity index (χ3v) is 2.15. The predicted molar refractivity (Wildman–Crippen MR) is 50.4 cm³/mol. The summed E-state index contributed by atoms with van der Waals surface area (Å²) >= 11 is 0. The molecule has 0 atom stereocenters. The Bertz CT molecular complexity index is 66.0. The molecule has 0 heterocycles. The molecule has 0 aromatic heterocycles. The predicted octanol–water partition coefficient (Wildman–Crippen LogP) is 1.63. The van der Waals surface area contributed by atoms with E-state index in [4.69, 9.17) is 5.73 Å². The van der Waals surface area contributed by atoms with Crippen LogP contribution in [0.1, 0.15) is 44.9 Å². The molecular weight excluding hydrogens is 136 g/mol. The molecule has 2 heteroatoms. The van der Waals surface area contributed by atoms with Crippen molar-refractivity contribution in [2.45, 2.75) is 51.0 Å². The van der Waals surface area contributed by atoms with Gasteiger partial charge in [0.2, 0.25) is 0 Å². The van der Waals surface area contributed by atoms with Gasteiger partial charge in [-0.15, -0.1) is 0 Å². The van der Waals surface area contributed by atoms with E-state index in [1.54, 1.807) is 0 Å². The summed E-state index contributed by atoms with van der Waals surface area (Å²) in [4.78, 5) is 0. The van der Waals surface area contributed by atoms with Crippen molar-refractivity contribution in [3.05, 3.63) is 0 Å². The third-order valence-electron chi connectivity index (χ3n) is 2.15. The molecule has 0 aromatic carbocycles. The summed E-state index contributed by atoms with van der Waals surface area (Å²) in [6, 6.07) is 0.519. The molecule has 1 saturated carbocycles. The smallest absolute Gasteiger partial charge is 0.00388 e. The van der Waals surface area contributed by atoms with Gasteiger partial charge < -0.3 is 11.5 Å². The number of rotatable bonds is 0. The molecule has 1 fully saturated rings. The standard InChI is InChI=1S/C8H17N.CH5N/c9-8-6-4-2-1-3-5-7-8;1-2/h8H,1-7,9H2;2H2,1H3. The van der Waals surface area contributed by atoms with Gasteiger partial charge in [-0.1, -0.05) is 32.1 Å². The summed E-state index contributed by atoms with van der Waals surface area (Å²) in [5.41, 5.74) is 10.3. The van der Waals surface area contributed by atoms with E-state index in [1.165, 1.54) is 52.0 Å². The molecule has 0 aliphatic heterocycles. The van der Waals surface area contributed by atoms with E-state index < -0.39 is 0 Å². The number of nitrogens with two attached hydrogens (primary N) is 2. The monoisotopic (exact) mass is 158 g/mol. The number of hydrogen-bond acceptors (Lipinski definition) is 2. The van der Waals surface area contributed by atoms with Crippen LogP contribution in [-0.2, 0) is 0 Å². The Morgan fingerprint density at radius 1 is 0.818 bits per heavy atom. The normalized spacial score (nSPS) is 21.0. The van der Waals surface area contributed by atoms with E-state index >= 15 is 0 Å². The van der Waals surface area contributed by atoms with Gasteiger partial charge in [0.25, 0.3) is 0 Å². The minimum Gasteiger partial charge on any atom is -0.333 e. The molecule has 1 aliphatic carbocycles. The largest absolute Gasteiger partial charge is 0.333 e. The first-order chi connectivity index (χ1) is 5.39. The Kier molecular flexibility index (Phi) is 7.96. The third kappa shape index (κ3) is 6.32. The molecule has 0 spiro atoms. The van der Waals surface area contributed by atoms with Gasteiger partial charge in [0, 0.05) is 6.04 Å². The zero-order valence-corrected chi connectivity index (χ0v) is 7.68. The summed E-state index contributed by atoms with van der Waals surface area (Å²) in [5.74, 6) is 0.